The number of anilines is 1. The molecule has 4 unspecified atom stereocenters. The monoisotopic (exact) mass is 911 g/mol. The first-order valence-corrected chi connectivity index (χ1v) is 22.1. The lowest BCUT2D eigenvalue weighted by Gasteiger charge is -2.30. The summed E-state index contributed by atoms with van der Waals surface area (Å²) in [6.07, 6.45) is 0.701. The summed E-state index contributed by atoms with van der Waals surface area (Å²) < 4.78 is 10.9. The standard InChI is InChI=1S/C50H57N9O8/c1-66-43-30-37(29-36-21-11-12-22-38(36)43)55-47(63)42-24-14-26-59(42)48(64)41(28-34-17-7-3-8-18-34)57-46(62)40(27-33-15-5-2-6-16-33)56-44(60)31-54-45(61)39(23-13-25-53-49(51)52)58-50(65)67-32-35-19-9-4-10-20-35/h2-12,15-22,29-30,39-42H,13-14,23-28,31-32H2,1H3,(H,54,61)(H,55,63)(H,56,60)(H,57,62)(H,58,65)(H4,51,52,53). The molecular formula is C50H57N9O8. The molecule has 0 spiro atoms. The average molecular weight is 912 g/mol. The minimum Gasteiger partial charge on any atom is -0.496 e. The van der Waals surface area contributed by atoms with Gasteiger partial charge < -0.3 is 52.4 Å². The van der Waals surface area contributed by atoms with Crippen LogP contribution < -0.4 is 42.8 Å². The zero-order valence-electron chi connectivity index (χ0n) is 37.3. The fourth-order valence-electron chi connectivity index (χ4n) is 7.84. The van der Waals surface area contributed by atoms with E-state index in [1.165, 1.54) is 4.90 Å². The number of carbonyl (C=O) groups excluding carboxylic acids is 6. The number of nitrogens with one attached hydrogen (secondary N) is 5. The third-order valence-electron chi connectivity index (χ3n) is 11.2. The van der Waals surface area contributed by atoms with Crippen LogP contribution in [-0.4, -0.2) is 97.4 Å². The van der Waals surface area contributed by atoms with Crippen LogP contribution >= 0.6 is 0 Å². The van der Waals surface area contributed by atoms with Gasteiger partial charge in [0.2, 0.25) is 29.5 Å². The van der Waals surface area contributed by atoms with Gasteiger partial charge in [0.05, 0.1) is 13.7 Å². The third kappa shape index (κ3) is 14.5. The minimum absolute atomic E-state index is 0.0316. The number of nitrogens with two attached hydrogens (primary N) is 2. The van der Waals surface area contributed by atoms with Gasteiger partial charge in [-0.3, -0.25) is 29.0 Å². The number of methoxy groups -OCH3 is 1. The van der Waals surface area contributed by atoms with Gasteiger partial charge >= 0.3 is 6.09 Å². The third-order valence-corrected chi connectivity index (χ3v) is 11.2. The summed E-state index contributed by atoms with van der Waals surface area (Å²) in [4.78, 5) is 88.2. The van der Waals surface area contributed by atoms with Gasteiger partial charge in [-0.25, -0.2) is 4.79 Å². The Labute approximate surface area is 389 Å². The van der Waals surface area contributed by atoms with Crippen molar-refractivity contribution >= 4 is 58.0 Å². The van der Waals surface area contributed by atoms with Gasteiger partial charge in [0, 0.05) is 43.1 Å². The van der Waals surface area contributed by atoms with Crippen LogP contribution in [0.25, 0.3) is 10.8 Å². The van der Waals surface area contributed by atoms with Gasteiger partial charge in [-0.15, -0.1) is 0 Å². The van der Waals surface area contributed by atoms with E-state index in [4.69, 9.17) is 20.9 Å². The number of rotatable bonds is 21. The van der Waals surface area contributed by atoms with E-state index in [9.17, 15) is 28.8 Å². The second kappa shape index (κ2) is 24.4. The number of nitrogens with zero attached hydrogens (tertiary/aromatic N) is 2. The highest BCUT2D eigenvalue weighted by atomic mass is 16.5. The summed E-state index contributed by atoms with van der Waals surface area (Å²) in [5.41, 5.74) is 13.6. The summed E-state index contributed by atoms with van der Waals surface area (Å²) in [6, 6.07) is 34.2. The molecule has 4 atom stereocenters. The number of likely N-dealkylation sites (tertiary alicyclic amines) is 1. The number of hydrogen-bond donors (Lipinski definition) is 7. The van der Waals surface area contributed by atoms with Gasteiger partial charge in [-0.2, -0.15) is 0 Å². The molecule has 67 heavy (non-hydrogen) atoms. The first-order valence-electron chi connectivity index (χ1n) is 22.1. The van der Waals surface area contributed by atoms with Crippen LogP contribution in [0.5, 0.6) is 5.75 Å². The summed E-state index contributed by atoms with van der Waals surface area (Å²) >= 11 is 0. The highest BCUT2D eigenvalue weighted by Crippen LogP contribution is 2.30. The molecule has 0 saturated carbocycles. The van der Waals surface area contributed by atoms with Crippen molar-refractivity contribution in [2.75, 3.05) is 32.1 Å². The Hall–Kier alpha value is -7.95. The fourth-order valence-corrected chi connectivity index (χ4v) is 7.84. The van der Waals surface area contributed by atoms with Crippen molar-refractivity contribution in [3.63, 3.8) is 0 Å². The molecule has 5 aromatic carbocycles. The van der Waals surface area contributed by atoms with Crippen LogP contribution in [-0.2, 0) is 48.2 Å². The molecule has 350 valence electrons. The lowest BCUT2D eigenvalue weighted by Crippen LogP contribution is -2.58. The molecule has 6 rings (SSSR count). The van der Waals surface area contributed by atoms with E-state index in [0.29, 0.717) is 30.7 Å². The van der Waals surface area contributed by atoms with E-state index in [-0.39, 0.29) is 50.8 Å². The number of hydrogen-bond acceptors (Lipinski definition) is 9. The SMILES string of the molecule is COc1cc(NC(=O)C2CCCN2C(=O)C(Cc2ccccc2)NC(=O)C(Cc2ccccc2)NC(=O)CNC(=O)C(CCCN=C(N)N)NC(=O)OCc2ccccc2)cc2ccccc12. The Morgan fingerprint density at radius 3 is 2.01 bits per heavy atom. The molecule has 1 aliphatic rings. The maximum Gasteiger partial charge on any atom is 0.408 e. The predicted octanol–water partition coefficient (Wildman–Crippen LogP) is 3.70. The Kier molecular flexibility index (Phi) is 17.6. The summed E-state index contributed by atoms with van der Waals surface area (Å²) in [5.74, 6) is -2.41. The first kappa shape index (κ1) is 48.5. The number of guanidine groups is 1. The number of ether oxygens (including phenoxy) is 2. The van der Waals surface area contributed by atoms with Crippen molar-refractivity contribution < 1.29 is 38.2 Å². The second-order valence-electron chi connectivity index (χ2n) is 16.1. The van der Waals surface area contributed by atoms with Crippen LogP contribution in [0.3, 0.4) is 0 Å². The molecular weight excluding hydrogens is 855 g/mol. The largest absolute Gasteiger partial charge is 0.496 e. The number of amides is 6. The van der Waals surface area contributed by atoms with Crippen LogP contribution in [0, 0.1) is 0 Å². The normalized spacial score (nSPS) is 14.4. The highest BCUT2D eigenvalue weighted by molar-refractivity contribution is 6.02. The second-order valence-corrected chi connectivity index (χ2v) is 16.1. The maximum atomic E-state index is 14.6. The number of carbonyl (C=O) groups is 6. The predicted molar refractivity (Wildman–Crippen MR) is 254 cm³/mol. The van der Waals surface area contributed by atoms with E-state index in [1.54, 1.807) is 61.7 Å². The topological polar surface area (TPSA) is 249 Å². The highest BCUT2D eigenvalue weighted by Gasteiger charge is 2.39. The van der Waals surface area contributed by atoms with Crippen molar-refractivity contribution in [1.82, 2.24) is 26.2 Å². The van der Waals surface area contributed by atoms with Crippen molar-refractivity contribution in [3.05, 3.63) is 144 Å². The zero-order chi connectivity index (χ0) is 47.5. The quantitative estimate of drug-likeness (QED) is 0.0320. The van der Waals surface area contributed by atoms with E-state index in [0.717, 1.165) is 27.5 Å². The molecule has 0 radical (unpaired) electrons. The number of alkyl carbamates (subject to hydrolysis) is 1. The van der Waals surface area contributed by atoms with E-state index in [1.807, 2.05) is 72.8 Å². The maximum absolute atomic E-state index is 14.6. The van der Waals surface area contributed by atoms with Crippen molar-refractivity contribution in [1.29, 1.82) is 0 Å². The summed E-state index contributed by atoms with van der Waals surface area (Å²) in [6.45, 7) is -0.111. The van der Waals surface area contributed by atoms with Crippen LogP contribution in [0.15, 0.2) is 132 Å². The van der Waals surface area contributed by atoms with E-state index >= 15 is 0 Å². The van der Waals surface area contributed by atoms with E-state index < -0.39 is 60.4 Å². The average Bonchev–Trinajstić information content (AvgIpc) is 3.84. The molecule has 0 aliphatic carbocycles. The molecule has 17 heteroatoms. The van der Waals surface area contributed by atoms with Gasteiger partial charge in [-0.1, -0.05) is 115 Å². The Morgan fingerprint density at radius 2 is 1.36 bits per heavy atom. The number of fused-ring (bicyclic) bond motifs is 1. The Balaban J connectivity index is 1.15. The lowest BCUT2D eigenvalue weighted by atomic mass is 10.0. The molecule has 1 saturated heterocycles. The molecule has 1 fully saturated rings. The fraction of sp³-hybridized carbons (Fsp3) is 0.300. The first-order chi connectivity index (χ1) is 32.5. The molecule has 0 bridgehead atoms. The van der Waals surface area contributed by atoms with Gasteiger partial charge in [0.15, 0.2) is 5.96 Å². The molecule has 5 aromatic rings. The van der Waals surface area contributed by atoms with Gasteiger partial charge in [0.25, 0.3) is 0 Å². The van der Waals surface area contributed by atoms with Crippen LogP contribution in [0.1, 0.15) is 42.4 Å². The Bertz CT molecular complexity index is 2510. The lowest BCUT2D eigenvalue weighted by molar-refractivity contribution is -0.140. The summed E-state index contributed by atoms with van der Waals surface area (Å²) in [5, 5.41) is 15.5. The molecule has 1 aliphatic heterocycles. The molecule has 9 N–H and O–H groups in total. The minimum atomic E-state index is -1.19. The van der Waals surface area contributed by atoms with Crippen molar-refractivity contribution in [2.24, 2.45) is 16.5 Å². The van der Waals surface area contributed by atoms with Gasteiger partial charge in [-0.05, 0) is 53.8 Å². The number of benzene rings is 5. The number of aliphatic imine (C=N–C) groups is 1. The van der Waals surface area contributed by atoms with E-state index in [2.05, 4.69) is 31.6 Å². The van der Waals surface area contributed by atoms with Gasteiger partial charge in [0.1, 0.15) is 36.5 Å². The molecule has 6 amide bonds. The Morgan fingerprint density at radius 1 is 0.731 bits per heavy atom. The van der Waals surface area contributed by atoms with Crippen LogP contribution in [0.4, 0.5) is 10.5 Å². The van der Waals surface area contributed by atoms with Crippen molar-refractivity contribution in [3.8, 4) is 5.75 Å². The molecule has 17 nitrogen and oxygen atoms in total. The van der Waals surface area contributed by atoms with Crippen molar-refractivity contribution in [2.45, 2.75) is 69.3 Å². The van der Waals surface area contributed by atoms with Crippen LogP contribution in [0.2, 0.25) is 0 Å². The summed E-state index contributed by atoms with van der Waals surface area (Å²) in [7, 11) is 1.56. The zero-order valence-corrected chi connectivity index (χ0v) is 37.3. The molecule has 1 heterocycles. The smallest absolute Gasteiger partial charge is 0.408 e. The molecule has 0 aromatic heterocycles.